The molecule has 13 heavy (non-hydrogen) atoms. The van der Waals surface area contributed by atoms with Gasteiger partial charge < -0.3 is 5.32 Å². The minimum atomic E-state index is 0.0365. The number of rotatable bonds is 2. The van der Waals surface area contributed by atoms with E-state index in [0.717, 1.165) is 0 Å². The van der Waals surface area contributed by atoms with Crippen LogP contribution in [0, 0.1) is 0 Å². The van der Waals surface area contributed by atoms with Crippen LogP contribution >= 0.6 is 0 Å². The monoisotopic (exact) mass is 177 g/mol. The van der Waals surface area contributed by atoms with Crippen LogP contribution in [0.15, 0.2) is 29.1 Å². The van der Waals surface area contributed by atoms with Crippen LogP contribution in [-0.2, 0) is 0 Å². The topological polar surface area (TPSA) is 29.1 Å². The predicted molar refractivity (Wildman–Crippen MR) is 56.3 cm³/mol. The number of hydrogen-bond donors (Lipinski definition) is 1. The minimum absolute atomic E-state index is 0.0365. The zero-order valence-electron chi connectivity index (χ0n) is 8.29. The van der Waals surface area contributed by atoms with Gasteiger partial charge in [-0.05, 0) is 23.6 Å². The van der Waals surface area contributed by atoms with Gasteiger partial charge in [0.1, 0.15) is 0 Å². The molecule has 0 unspecified atom stereocenters. The summed E-state index contributed by atoms with van der Waals surface area (Å²) < 4.78 is 0. The quantitative estimate of drug-likeness (QED) is 0.750. The van der Waals surface area contributed by atoms with Crippen LogP contribution in [0.25, 0.3) is 0 Å². The van der Waals surface area contributed by atoms with E-state index in [0.29, 0.717) is 11.6 Å². The normalized spacial score (nSPS) is 10.2. The summed E-state index contributed by atoms with van der Waals surface area (Å²) in [6.07, 6.45) is 0. The van der Waals surface area contributed by atoms with Crippen molar-refractivity contribution in [2.24, 2.45) is 0 Å². The van der Waals surface area contributed by atoms with Gasteiger partial charge in [0.15, 0.2) is 0 Å². The van der Waals surface area contributed by atoms with Gasteiger partial charge in [0.2, 0.25) is 5.43 Å². The Kier molecular flexibility index (Phi) is 3.07. The van der Waals surface area contributed by atoms with Crippen molar-refractivity contribution in [1.29, 1.82) is 0 Å². The first kappa shape index (κ1) is 9.78. The molecular formula is C11H15NO. The van der Waals surface area contributed by atoms with Crippen LogP contribution in [0.3, 0.4) is 0 Å². The van der Waals surface area contributed by atoms with E-state index >= 15 is 0 Å². The molecule has 0 aromatic heterocycles. The molecule has 0 aliphatic rings. The van der Waals surface area contributed by atoms with Crippen molar-refractivity contribution in [2.45, 2.75) is 19.8 Å². The summed E-state index contributed by atoms with van der Waals surface area (Å²) in [5, 5.41) is 2.87. The van der Waals surface area contributed by atoms with Crippen LogP contribution in [0.2, 0.25) is 0 Å². The Morgan fingerprint density at radius 2 is 1.77 bits per heavy atom. The first-order valence-corrected chi connectivity index (χ1v) is 4.47. The predicted octanol–water partition coefficient (Wildman–Crippen LogP) is 2.21. The maximum Gasteiger partial charge on any atom is 0.201 e. The van der Waals surface area contributed by atoms with Crippen molar-refractivity contribution in [2.75, 3.05) is 12.4 Å². The van der Waals surface area contributed by atoms with Crippen molar-refractivity contribution in [3.8, 4) is 0 Å². The molecule has 0 saturated carbocycles. The Balaban J connectivity index is 3.24. The SMILES string of the molecule is CNc1ccc(C(C)C)ccc1=O. The maximum atomic E-state index is 11.4. The largest absolute Gasteiger partial charge is 0.385 e. The van der Waals surface area contributed by atoms with Gasteiger partial charge in [-0.3, -0.25) is 4.79 Å². The molecule has 1 rings (SSSR count). The summed E-state index contributed by atoms with van der Waals surface area (Å²) in [7, 11) is 1.76. The third-order valence-electron chi connectivity index (χ3n) is 2.07. The lowest BCUT2D eigenvalue weighted by atomic mass is 10.1. The van der Waals surface area contributed by atoms with Crippen LogP contribution in [0.4, 0.5) is 5.69 Å². The smallest absolute Gasteiger partial charge is 0.201 e. The van der Waals surface area contributed by atoms with Crippen LogP contribution in [0.5, 0.6) is 0 Å². The summed E-state index contributed by atoms with van der Waals surface area (Å²) in [5.41, 5.74) is 1.86. The first-order valence-electron chi connectivity index (χ1n) is 4.47. The Morgan fingerprint density at radius 3 is 2.31 bits per heavy atom. The fraction of sp³-hybridized carbons (Fsp3) is 0.364. The summed E-state index contributed by atoms with van der Waals surface area (Å²) in [6.45, 7) is 4.22. The zero-order valence-corrected chi connectivity index (χ0v) is 8.29. The third-order valence-corrected chi connectivity index (χ3v) is 2.07. The molecule has 1 N–H and O–H groups in total. The highest BCUT2D eigenvalue weighted by molar-refractivity contribution is 5.42. The van der Waals surface area contributed by atoms with Crippen LogP contribution < -0.4 is 10.7 Å². The van der Waals surface area contributed by atoms with Crippen molar-refractivity contribution in [3.63, 3.8) is 0 Å². The first-order chi connectivity index (χ1) is 6.15. The summed E-state index contributed by atoms with van der Waals surface area (Å²) >= 11 is 0. The number of anilines is 1. The van der Waals surface area contributed by atoms with Gasteiger partial charge in [-0.25, -0.2) is 0 Å². The summed E-state index contributed by atoms with van der Waals surface area (Å²) in [4.78, 5) is 11.4. The lowest BCUT2D eigenvalue weighted by Crippen LogP contribution is -2.02. The molecule has 0 fully saturated rings. The second-order valence-corrected chi connectivity index (χ2v) is 3.35. The van der Waals surface area contributed by atoms with Gasteiger partial charge in [0, 0.05) is 7.05 Å². The van der Waals surface area contributed by atoms with Crippen molar-refractivity contribution < 1.29 is 0 Å². The molecule has 70 valence electrons. The van der Waals surface area contributed by atoms with Crippen molar-refractivity contribution in [1.82, 2.24) is 0 Å². The molecule has 1 aromatic rings. The zero-order chi connectivity index (χ0) is 9.84. The molecule has 0 aliphatic heterocycles. The average Bonchev–Trinajstić information content (AvgIpc) is 2.27. The lowest BCUT2D eigenvalue weighted by molar-refractivity contribution is 0.868. The second-order valence-electron chi connectivity index (χ2n) is 3.35. The third kappa shape index (κ3) is 2.31. The van der Waals surface area contributed by atoms with E-state index in [1.54, 1.807) is 13.1 Å². The highest BCUT2D eigenvalue weighted by atomic mass is 16.1. The van der Waals surface area contributed by atoms with E-state index in [1.807, 2.05) is 18.2 Å². The van der Waals surface area contributed by atoms with Gasteiger partial charge in [-0.2, -0.15) is 0 Å². The minimum Gasteiger partial charge on any atom is -0.385 e. The number of nitrogens with one attached hydrogen (secondary N) is 1. The molecular weight excluding hydrogens is 162 g/mol. The molecule has 0 radical (unpaired) electrons. The summed E-state index contributed by atoms with van der Waals surface area (Å²) in [6, 6.07) is 7.31. The Hall–Kier alpha value is -1.31. The highest BCUT2D eigenvalue weighted by Gasteiger charge is 1.98. The molecule has 0 spiro atoms. The van der Waals surface area contributed by atoms with Crippen molar-refractivity contribution >= 4 is 5.69 Å². The molecule has 0 bridgehead atoms. The van der Waals surface area contributed by atoms with Gasteiger partial charge in [-0.1, -0.05) is 26.0 Å². The van der Waals surface area contributed by atoms with Crippen molar-refractivity contribution in [3.05, 3.63) is 40.1 Å². The standard InChI is InChI=1S/C11H15NO/c1-8(2)9-4-6-10(12-3)11(13)7-5-9/h4-8H,1-3H3,(H,12,13). The lowest BCUT2D eigenvalue weighted by Gasteiger charge is -1.99. The molecule has 0 heterocycles. The van der Waals surface area contributed by atoms with E-state index in [-0.39, 0.29) is 5.43 Å². The van der Waals surface area contributed by atoms with E-state index in [9.17, 15) is 4.79 Å². The van der Waals surface area contributed by atoms with E-state index in [2.05, 4.69) is 19.2 Å². The van der Waals surface area contributed by atoms with Crippen LogP contribution in [-0.4, -0.2) is 7.05 Å². The Labute approximate surface area is 78.6 Å². The van der Waals surface area contributed by atoms with Gasteiger partial charge >= 0.3 is 0 Å². The fourth-order valence-electron chi connectivity index (χ4n) is 1.17. The number of hydrogen-bond acceptors (Lipinski definition) is 2. The Morgan fingerprint density at radius 1 is 1.15 bits per heavy atom. The molecule has 0 atom stereocenters. The highest BCUT2D eigenvalue weighted by Crippen LogP contribution is 2.12. The Bertz CT molecular complexity index is 344. The van der Waals surface area contributed by atoms with Gasteiger partial charge in [0.25, 0.3) is 0 Å². The van der Waals surface area contributed by atoms with Gasteiger partial charge in [0.05, 0.1) is 5.69 Å². The molecule has 2 nitrogen and oxygen atoms in total. The molecule has 0 aliphatic carbocycles. The maximum absolute atomic E-state index is 11.4. The second kappa shape index (κ2) is 4.08. The van der Waals surface area contributed by atoms with Gasteiger partial charge in [-0.15, -0.1) is 0 Å². The van der Waals surface area contributed by atoms with E-state index in [4.69, 9.17) is 0 Å². The average molecular weight is 177 g/mol. The molecule has 1 aromatic carbocycles. The van der Waals surface area contributed by atoms with Crippen LogP contribution in [0.1, 0.15) is 25.3 Å². The molecule has 0 amide bonds. The van der Waals surface area contributed by atoms with E-state index < -0.39 is 0 Å². The molecule has 0 saturated heterocycles. The fourth-order valence-corrected chi connectivity index (χ4v) is 1.17. The molecule has 2 heteroatoms. The van der Waals surface area contributed by atoms with E-state index in [1.165, 1.54) is 5.56 Å². The summed E-state index contributed by atoms with van der Waals surface area (Å²) in [5.74, 6) is 0.455.